The molecular weight excluding hydrogens is 172 g/mol. The Kier molecular flexibility index (Phi) is 3.67. The van der Waals surface area contributed by atoms with E-state index in [1.165, 1.54) is 0 Å². The van der Waals surface area contributed by atoms with Crippen LogP contribution in [0.5, 0.6) is 0 Å². The topological polar surface area (TPSA) is 49.8 Å². The molecule has 2 nitrogen and oxygen atoms in total. The van der Waals surface area contributed by atoms with Gasteiger partial charge in [0.15, 0.2) is 0 Å². The maximum absolute atomic E-state index is 8.86. The van der Waals surface area contributed by atoms with E-state index in [1.54, 1.807) is 0 Å². The molecule has 0 spiro atoms. The van der Waals surface area contributed by atoms with Crippen molar-refractivity contribution in [1.29, 1.82) is 5.26 Å². The molecule has 2 N–H and O–H groups in total. The van der Waals surface area contributed by atoms with Crippen molar-refractivity contribution >= 4 is 0 Å². The van der Waals surface area contributed by atoms with Crippen molar-refractivity contribution in [3.8, 4) is 6.07 Å². The van der Waals surface area contributed by atoms with E-state index in [1.807, 2.05) is 25.1 Å². The summed E-state index contributed by atoms with van der Waals surface area (Å²) < 4.78 is 0. The van der Waals surface area contributed by atoms with Crippen LogP contribution in [0.25, 0.3) is 0 Å². The van der Waals surface area contributed by atoms with E-state index in [0.717, 1.165) is 29.5 Å². The van der Waals surface area contributed by atoms with E-state index in [0.29, 0.717) is 0 Å². The summed E-state index contributed by atoms with van der Waals surface area (Å²) in [6.07, 6.45) is 2.03. The fraction of sp³-hybridized carbons (Fsp3) is 0.417. The van der Waals surface area contributed by atoms with Crippen molar-refractivity contribution in [3.05, 3.63) is 34.9 Å². The van der Waals surface area contributed by atoms with Gasteiger partial charge in [0.25, 0.3) is 0 Å². The van der Waals surface area contributed by atoms with Gasteiger partial charge in [0.2, 0.25) is 0 Å². The minimum absolute atomic E-state index is 0.0632. The van der Waals surface area contributed by atoms with Crippen LogP contribution in [0.1, 0.15) is 42.5 Å². The molecule has 0 saturated carbocycles. The van der Waals surface area contributed by atoms with E-state index >= 15 is 0 Å². The Morgan fingerprint density at radius 1 is 1.50 bits per heavy atom. The lowest BCUT2D eigenvalue weighted by Gasteiger charge is -2.14. The summed E-state index contributed by atoms with van der Waals surface area (Å²) in [7, 11) is 0. The lowest BCUT2D eigenvalue weighted by molar-refractivity contribution is 0.635. The van der Waals surface area contributed by atoms with Crippen LogP contribution in [-0.2, 0) is 0 Å². The Bertz CT molecular complexity index is 350. The second kappa shape index (κ2) is 4.78. The highest BCUT2D eigenvalue weighted by Gasteiger charge is 2.09. The number of hydrogen-bond donors (Lipinski definition) is 1. The SMILES string of the molecule is CCCC(N)c1cccc(C#N)c1C. The van der Waals surface area contributed by atoms with E-state index in [2.05, 4.69) is 13.0 Å². The molecule has 0 aliphatic heterocycles. The zero-order chi connectivity index (χ0) is 10.6. The molecule has 0 aliphatic carbocycles. The zero-order valence-corrected chi connectivity index (χ0v) is 8.75. The molecule has 1 aromatic carbocycles. The van der Waals surface area contributed by atoms with Crippen molar-refractivity contribution in [2.24, 2.45) is 5.73 Å². The third kappa shape index (κ3) is 2.12. The summed E-state index contributed by atoms with van der Waals surface area (Å²) in [5.74, 6) is 0. The van der Waals surface area contributed by atoms with Gasteiger partial charge in [-0.05, 0) is 30.5 Å². The molecule has 0 saturated heterocycles. The Hall–Kier alpha value is -1.33. The second-order valence-electron chi connectivity index (χ2n) is 3.53. The van der Waals surface area contributed by atoms with Crippen molar-refractivity contribution in [2.75, 3.05) is 0 Å². The van der Waals surface area contributed by atoms with Crippen molar-refractivity contribution in [1.82, 2.24) is 0 Å². The van der Waals surface area contributed by atoms with Crippen LogP contribution in [0, 0.1) is 18.3 Å². The number of benzene rings is 1. The quantitative estimate of drug-likeness (QED) is 0.792. The first-order valence-corrected chi connectivity index (χ1v) is 4.95. The fourth-order valence-electron chi connectivity index (χ4n) is 1.64. The molecule has 1 rings (SSSR count). The van der Waals surface area contributed by atoms with Gasteiger partial charge in [-0.3, -0.25) is 0 Å². The van der Waals surface area contributed by atoms with Crippen LogP contribution in [0.4, 0.5) is 0 Å². The van der Waals surface area contributed by atoms with Crippen molar-refractivity contribution in [2.45, 2.75) is 32.7 Å². The standard InChI is InChI=1S/C12H16N2/c1-3-5-12(14)11-7-4-6-10(8-13)9(11)2/h4,6-7,12H,3,5,14H2,1-2H3. The summed E-state index contributed by atoms with van der Waals surface area (Å²) in [5, 5.41) is 8.86. The lowest BCUT2D eigenvalue weighted by atomic mass is 9.95. The molecule has 1 atom stereocenters. The second-order valence-corrected chi connectivity index (χ2v) is 3.53. The van der Waals surface area contributed by atoms with Gasteiger partial charge in [0.05, 0.1) is 11.6 Å². The molecule has 0 amide bonds. The number of nitriles is 1. The van der Waals surface area contributed by atoms with Crippen LogP contribution in [0.3, 0.4) is 0 Å². The molecule has 0 radical (unpaired) electrons. The lowest BCUT2D eigenvalue weighted by Crippen LogP contribution is -2.11. The van der Waals surface area contributed by atoms with E-state index in [9.17, 15) is 0 Å². The molecule has 14 heavy (non-hydrogen) atoms. The predicted octanol–water partition coefficient (Wildman–Crippen LogP) is 2.67. The summed E-state index contributed by atoms with van der Waals surface area (Å²) in [6.45, 7) is 4.08. The average molecular weight is 188 g/mol. The molecular formula is C12H16N2. The summed E-state index contributed by atoms with van der Waals surface area (Å²) in [5.41, 5.74) is 8.88. The smallest absolute Gasteiger partial charge is 0.0994 e. The zero-order valence-electron chi connectivity index (χ0n) is 8.75. The summed E-state index contributed by atoms with van der Waals surface area (Å²) in [4.78, 5) is 0. The van der Waals surface area contributed by atoms with Crippen LogP contribution >= 0.6 is 0 Å². The van der Waals surface area contributed by atoms with E-state index in [4.69, 9.17) is 11.0 Å². The Labute approximate surface area is 85.4 Å². The largest absolute Gasteiger partial charge is 0.324 e. The molecule has 0 fully saturated rings. The normalized spacial score (nSPS) is 12.1. The molecule has 0 bridgehead atoms. The van der Waals surface area contributed by atoms with E-state index < -0.39 is 0 Å². The fourth-order valence-corrected chi connectivity index (χ4v) is 1.64. The minimum Gasteiger partial charge on any atom is -0.324 e. The van der Waals surface area contributed by atoms with E-state index in [-0.39, 0.29) is 6.04 Å². The molecule has 0 aliphatic rings. The highest BCUT2D eigenvalue weighted by molar-refractivity contribution is 5.43. The first-order chi connectivity index (χ1) is 6.70. The average Bonchev–Trinajstić information content (AvgIpc) is 2.18. The minimum atomic E-state index is 0.0632. The summed E-state index contributed by atoms with van der Waals surface area (Å²) in [6, 6.07) is 7.98. The third-order valence-electron chi connectivity index (χ3n) is 2.50. The maximum Gasteiger partial charge on any atom is 0.0994 e. The highest BCUT2D eigenvalue weighted by atomic mass is 14.6. The molecule has 1 unspecified atom stereocenters. The van der Waals surface area contributed by atoms with Crippen molar-refractivity contribution < 1.29 is 0 Å². The Morgan fingerprint density at radius 2 is 2.21 bits per heavy atom. The summed E-state index contributed by atoms with van der Waals surface area (Å²) >= 11 is 0. The molecule has 0 aromatic heterocycles. The first kappa shape index (κ1) is 10.7. The van der Waals surface area contributed by atoms with Crippen LogP contribution in [0.15, 0.2) is 18.2 Å². The predicted molar refractivity (Wildman–Crippen MR) is 57.7 cm³/mol. The van der Waals surface area contributed by atoms with Crippen molar-refractivity contribution in [3.63, 3.8) is 0 Å². The van der Waals surface area contributed by atoms with Crippen LogP contribution < -0.4 is 5.73 Å². The molecule has 74 valence electrons. The highest BCUT2D eigenvalue weighted by Crippen LogP contribution is 2.21. The Morgan fingerprint density at radius 3 is 2.79 bits per heavy atom. The molecule has 1 aromatic rings. The van der Waals surface area contributed by atoms with Crippen LogP contribution in [-0.4, -0.2) is 0 Å². The van der Waals surface area contributed by atoms with Gasteiger partial charge < -0.3 is 5.73 Å². The number of nitrogens with zero attached hydrogens (tertiary/aromatic N) is 1. The molecule has 0 heterocycles. The number of rotatable bonds is 3. The van der Waals surface area contributed by atoms with Crippen LogP contribution in [0.2, 0.25) is 0 Å². The van der Waals surface area contributed by atoms with Gasteiger partial charge in [0, 0.05) is 6.04 Å². The van der Waals surface area contributed by atoms with Gasteiger partial charge in [-0.2, -0.15) is 5.26 Å². The maximum atomic E-state index is 8.86. The number of hydrogen-bond acceptors (Lipinski definition) is 2. The first-order valence-electron chi connectivity index (χ1n) is 4.95. The van der Waals surface area contributed by atoms with Gasteiger partial charge in [0.1, 0.15) is 0 Å². The Balaban J connectivity index is 3.04. The van der Waals surface area contributed by atoms with Gasteiger partial charge >= 0.3 is 0 Å². The number of nitrogens with two attached hydrogens (primary N) is 1. The van der Waals surface area contributed by atoms with Gasteiger partial charge in [-0.15, -0.1) is 0 Å². The monoisotopic (exact) mass is 188 g/mol. The third-order valence-corrected chi connectivity index (χ3v) is 2.50. The molecule has 2 heteroatoms. The van der Waals surface area contributed by atoms with Gasteiger partial charge in [-0.25, -0.2) is 0 Å². The van der Waals surface area contributed by atoms with Gasteiger partial charge in [-0.1, -0.05) is 25.5 Å².